The third kappa shape index (κ3) is 2.14. The van der Waals surface area contributed by atoms with Gasteiger partial charge in [-0.3, -0.25) is 0 Å². The molecule has 0 unspecified atom stereocenters. The summed E-state index contributed by atoms with van der Waals surface area (Å²) in [6, 6.07) is 12.9. The monoisotopic (exact) mass is 315 g/mol. The lowest BCUT2D eigenvalue weighted by atomic mass is 10.3. The van der Waals surface area contributed by atoms with Gasteiger partial charge in [0.05, 0.1) is 11.1 Å². The first kappa shape index (κ1) is 12.1. The lowest BCUT2D eigenvalue weighted by Gasteiger charge is -1.91. The summed E-state index contributed by atoms with van der Waals surface area (Å²) < 4.78 is 5.34. The Bertz CT molecular complexity index is 739. The highest BCUT2D eigenvalue weighted by molar-refractivity contribution is 7.27. The maximum absolute atomic E-state index is 5.34. The molecule has 4 rings (SSSR count). The van der Waals surface area contributed by atoms with Crippen molar-refractivity contribution in [1.82, 2.24) is 4.98 Å². The molecular weight excluding hydrogens is 306 g/mol. The minimum Gasteiger partial charge on any atom is -0.443 e. The Morgan fingerprint density at radius 1 is 0.800 bits per heavy atom. The van der Waals surface area contributed by atoms with Gasteiger partial charge in [0.1, 0.15) is 0 Å². The van der Waals surface area contributed by atoms with Crippen LogP contribution in [0.25, 0.3) is 30.1 Å². The molecule has 0 radical (unpaired) electrons. The smallest absolute Gasteiger partial charge is 0.181 e. The quantitative estimate of drug-likeness (QED) is 0.473. The molecule has 0 aromatic carbocycles. The second-order valence-electron chi connectivity index (χ2n) is 4.17. The van der Waals surface area contributed by atoms with Crippen LogP contribution >= 0.6 is 34.0 Å². The van der Waals surface area contributed by atoms with E-state index in [0.717, 1.165) is 10.6 Å². The van der Waals surface area contributed by atoms with Crippen molar-refractivity contribution in [3.8, 4) is 30.1 Å². The Labute approximate surface area is 128 Å². The molecule has 0 bridgehead atoms. The van der Waals surface area contributed by atoms with E-state index in [0.29, 0.717) is 0 Å². The zero-order chi connectivity index (χ0) is 13.4. The highest BCUT2D eigenvalue weighted by Crippen LogP contribution is 2.40. The van der Waals surface area contributed by atoms with Crippen LogP contribution in [0.15, 0.2) is 58.8 Å². The molecule has 0 fully saturated rings. The van der Waals surface area contributed by atoms with Crippen LogP contribution in [0.1, 0.15) is 0 Å². The van der Waals surface area contributed by atoms with Crippen LogP contribution in [0, 0.1) is 0 Å². The van der Waals surface area contributed by atoms with Gasteiger partial charge in [-0.15, -0.1) is 34.0 Å². The fourth-order valence-corrected chi connectivity index (χ4v) is 4.85. The van der Waals surface area contributed by atoms with Gasteiger partial charge in [0.15, 0.2) is 12.2 Å². The Hall–Kier alpha value is -1.69. The van der Waals surface area contributed by atoms with E-state index in [4.69, 9.17) is 4.42 Å². The second kappa shape index (κ2) is 5.01. The summed E-state index contributed by atoms with van der Waals surface area (Å²) in [5, 5.41) is 2.11. The largest absolute Gasteiger partial charge is 0.443 e. The molecule has 0 amide bonds. The van der Waals surface area contributed by atoms with Gasteiger partial charge in [-0.1, -0.05) is 6.07 Å². The molecule has 0 N–H and O–H groups in total. The molecule has 5 heteroatoms. The second-order valence-corrected chi connectivity index (χ2v) is 7.29. The molecule has 0 aliphatic carbocycles. The summed E-state index contributed by atoms with van der Waals surface area (Å²) in [6.45, 7) is 0. The normalized spacial score (nSPS) is 11.0. The molecule has 2 nitrogen and oxygen atoms in total. The third-order valence-corrected chi connectivity index (χ3v) is 6.34. The maximum atomic E-state index is 5.34. The first-order chi connectivity index (χ1) is 9.90. The Morgan fingerprint density at radius 3 is 2.15 bits per heavy atom. The van der Waals surface area contributed by atoms with Crippen LogP contribution in [0.3, 0.4) is 0 Å². The van der Waals surface area contributed by atoms with Gasteiger partial charge in [0.25, 0.3) is 0 Å². The third-order valence-electron chi connectivity index (χ3n) is 2.89. The topological polar surface area (TPSA) is 26.0 Å². The molecule has 0 aliphatic heterocycles. The molecule has 0 saturated carbocycles. The zero-order valence-corrected chi connectivity index (χ0v) is 12.7. The Kier molecular flexibility index (Phi) is 3.03. The number of hydrogen-bond donors (Lipinski definition) is 0. The minimum atomic E-state index is 0.830. The molecule has 4 aromatic rings. The molecule has 4 heterocycles. The van der Waals surface area contributed by atoms with Crippen molar-refractivity contribution in [3.05, 3.63) is 54.4 Å². The number of nitrogens with zero attached hydrogens (tertiary/aromatic N) is 1. The molecule has 4 aromatic heterocycles. The van der Waals surface area contributed by atoms with Gasteiger partial charge in [0, 0.05) is 19.5 Å². The van der Waals surface area contributed by atoms with Crippen molar-refractivity contribution in [2.75, 3.05) is 0 Å². The number of rotatable bonds is 3. The van der Waals surface area contributed by atoms with Gasteiger partial charge in [-0.2, -0.15) is 0 Å². The lowest BCUT2D eigenvalue weighted by molar-refractivity contribution is 0.573. The number of hydrogen-bond acceptors (Lipinski definition) is 5. The van der Waals surface area contributed by atoms with Crippen LogP contribution in [-0.2, 0) is 0 Å². The molecule has 0 spiro atoms. The molecule has 0 atom stereocenters. The van der Waals surface area contributed by atoms with Crippen LogP contribution < -0.4 is 0 Å². The predicted octanol–water partition coefficient (Wildman–Crippen LogP) is 5.86. The molecular formula is C15H9NOS3. The van der Waals surface area contributed by atoms with Gasteiger partial charge in [-0.05, 0) is 35.7 Å². The number of aromatic nitrogens is 1. The SMILES string of the molecule is c1csc(-c2ccc(-c3ccc(-c4cnco4)s3)s2)c1. The van der Waals surface area contributed by atoms with E-state index >= 15 is 0 Å². The summed E-state index contributed by atoms with van der Waals surface area (Å²) in [5.74, 6) is 0.830. The van der Waals surface area contributed by atoms with E-state index in [-0.39, 0.29) is 0 Å². The molecule has 0 aliphatic rings. The summed E-state index contributed by atoms with van der Waals surface area (Å²) in [6.07, 6.45) is 3.22. The van der Waals surface area contributed by atoms with Crippen LogP contribution in [0.2, 0.25) is 0 Å². The van der Waals surface area contributed by atoms with Crippen LogP contribution in [0.4, 0.5) is 0 Å². The highest BCUT2D eigenvalue weighted by Gasteiger charge is 2.10. The maximum Gasteiger partial charge on any atom is 0.181 e. The van der Waals surface area contributed by atoms with Gasteiger partial charge < -0.3 is 4.42 Å². The first-order valence-corrected chi connectivity index (χ1v) is 8.54. The van der Waals surface area contributed by atoms with E-state index in [2.05, 4.69) is 46.8 Å². The van der Waals surface area contributed by atoms with E-state index in [1.54, 1.807) is 28.9 Å². The van der Waals surface area contributed by atoms with E-state index in [9.17, 15) is 0 Å². The van der Waals surface area contributed by atoms with Crippen molar-refractivity contribution in [3.63, 3.8) is 0 Å². The van der Waals surface area contributed by atoms with E-state index in [1.165, 1.54) is 25.9 Å². The number of thiophene rings is 3. The summed E-state index contributed by atoms with van der Waals surface area (Å²) >= 11 is 5.34. The Morgan fingerprint density at radius 2 is 1.50 bits per heavy atom. The van der Waals surface area contributed by atoms with Crippen molar-refractivity contribution in [2.24, 2.45) is 0 Å². The van der Waals surface area contributed by atoms with Crippen molar-refractivity contribution in [2.45, 2.75) is 0 Å². The predicted molar refractivity (Wildman–Crippen MR) is 86.4 cm³/mol. The number of oxazole rings is 1. The van der Waals surface area contributed by atoms with Crippen molar-refractivity contribution < 1.29 is 4.42 Å². The van der Waals surface area contributed by atoms with Crippen LogP contribution in [0.5, 0.6) is 0 Å². The fraction of sp³-hybridized carbons (Fsp3) is 0. The molecule has 0 saturated heterocycles. The van der Waals surface area contributed by atoms with Gasteiger partial charge in [0.2, 0.25) is 0 Å². The fourth-order valence-electron chi connectivity index (χ4n) is 1.96. The summed E-state index contributed by atoms with van der Waals surface area (Å²) in [5.41, 5.74) is 0. The molecule has 20 heavy (non-hydrogen) atoms. The van der Waals surface area contributed by atoms with E-state index < -0.39 is 0 Å². The average Bonchev–Trinajstić information content (AvgIpc) is 3.22. The van der Waals surface area contributed by atoms with Gasteiger partial charge in [-0.25, -0.2) is 4.98 Å². The minimum absolute atomic E-state index is 0.830. The standard InChI is InChI=1S/C15H9NOS3/c1-2-12(18-7-1)13-5-6-15(20-13)14-4-3-11(19-14)10-8-16-9-17-10/h1-9H. The van der Waals surface area contributed by atoms with Crippen molar-refractivity contribution in [1.29, 1.82) is 0 Å². The molecule has 98 valence electrons. The lowest BCUT2D eigenvalue weighted by Crippen LogP contribution is -1.60. The van der Waals surface area contributed by atoms with E-state index in [1.807, 2.05) is 11.3 Å². The van der Waals surface area contributed by atoms with Crippen molar-refractivity contribution >= 4 is 34.0 Å². The first-order valence-electron chi connectivity index (χ1n) is 6.03. The Balaban J connectivity index is 1.68. The average molecular weight is 315 g/mol. The van der Waals surface area contributed by atoms with Crippen LogP contribution in [-0.4, -0.2) is 4.98 Å². The highest BCUT2D eigenvalue weighted by atomic mass is 32.1. The van der Waals surface area contributed by atoms with Gasteiger partial charge >= 0.3 is 0 Å². The zero-order valence-electron chi connectivity index (χ0n) is 10.3. The summed E-state index contributed by atoms with van der Waals surface area (Å²) in [7, 11) is 0. The summed E-state index contributed by atoms with van der Waals surface area (Å²) in [4.78, 5) is 10.3.